The van der Waals surface area contributed by atoms with Crippen molar-refractivity contribution in [3.8, 4) is 5.69 Å². The van der Waals surface area contributed by atoms with Crippen LogP contribution in [0.25, 0.3) is 5.69 Å². The number of hydrogen-bond acceptors (Lipinski definition) is 6. The molecule has 1 saturated heterocycles. The van der Waals surface area contributed by atoms with Crippen LogP contribution >= 0.6 is 0 Å². The van der Waals surface area contributed by atoms with Crippen LogP contribution in [-0.2, 0) is 11.3 Å². The van der Waals surface area contributed by atoms with E-state index >= 15 is 0 Å². The van der Waals surface area contributed by atoms with E-state index in [1.54, 1.807) is 24.4 Å². The van der Waals surface area contributed by atoms with Gasteiger partial charge in [0.15, 0.2) is 5.69 Å². The van der Waals surface area contributed by atoms with Crippen LogP contribution in [0.15, 0.2) is 66.9 Å². The molecular formula is C24H27N5O4. The third-order valence-corrected chi connectivity index (χ3v) is 5.73. The van der Waals surface area contributed by atoms with Crippen molar-refractivity contribution in [2.75, 3.05) is 32.8 Å². The molecule has 1 aliphatic heterocycles. The van der Waals surface area contributed by atoms with Crippen molar-refractivity contribution in [3.05, 3.63) is 88.2 Å². The molecule has 1 aliphatic rings. The van der Waals surface area contributed by atoms with Gasteiger partial charge in [-0.1, -0.05) is 36.4 Å². The van der Waals surface area contributed by atoms with Crippen LogP contribution in [0.4, 0.5) is 5.69 Å². The molecule has 0 saturated carbocycles. The summed E-state index contributed by atoms with van der Waals surface area (Å²) in [5.74, 6) is -0.177. The average Bonchev–Trinajstić information content (AvgIpc) is 3.34. The first-order valence-corrected chi connectivity index (χ1v) is 11.0. The first-order chi connectivity index (χ1) is 16.0. The molecule has 1 atom stereocenters. The van der Waals surface area contributed by atoms with Crippen molar-refractivity contribution in [2.45, 2.75) is 19.5 Å². The lowest BCUT2D eigenvalue weighted by Gasteiger charge is -2.35. The monoisotopic (exact) mass is 449 g/mol. The zero-order valence-corrected chi connectivity index (χ0v) is 18.5. The van der Waals surface area contributed by atoms with Crippen LogP contribution in [0.5, 0.6) is 0 Å². The first kappa shape index (κ1) is 22.6. The van der Waals surface area contributed by atoms with Crippen LogP contribution in [0.2, 0.25) is 0 Å². The van der Waals surface area contributed by atoms with Gasteiger partial charge in [0.05, 0.1) is 23.8 Å². The smallest absolute Gasteiger partial charge is 0.274 e. The minimum absolute atomic E-state index is 0.0271. The summed E-state index contributed by atoms with van der Waals surface area (Å²) in [5.41, 5.74) is 1.84. The molecule has 9 heteroatoms. The van der Waals surface area contributed by atoms with Crippen LogP contribution in [0.1, 0.15) is 23.0 Å². The number of benzene rings is 2. The molecule has 1 amide bonds. The van der Waals surface area contributed by atoms with E-state index in [9.17, 15) is 14.9 Å². The van der Waals surface area contributed by atoms with Gasteiger partial charge < -0.3 is 9.64 Å². The highest BCUT2D eigenvalue weighted by molar-refractivity contribution is 5.92. The number of hydrogen-bond donors (Lipinski definition) is 0. The minimum atomic E-state index is -0.450. The van der Waals surface area contributed by atoms with Crippen molar-refractivity contribution in [1.82, 2.24) is 19.6 Å². The molecule has 2 heterocycles. The maximum absolute atomic E-state index is 13.6. The lowest BCUT2D eigenvalue weighted by atomic mass is 10.1. The fourth-order valence-corrected chi connectivity index (χ4v) is 3.94. The largest absolute Gasteiger partial charge is 0.379 e. The van der Waals surface area contributed by atoms with E-state index < -0.39 is 4.92 Å². The van der Waals surface area contributed by atoms with Gasteiger partial charge in [-0.15, -0.1) is 0 Å². The normalized spacial score (nSPS) is 15.2. The van der Waals surface area contributed by atoms with E-state index in [1.165, 1.54) is 16.8 Å². The Morgan fingerprint density at radius 3 is 2.64 bits per heavy atom. The Labute approximate surface area is 192 Å². The third kappa shape index (κ3) is 5.63. The van der Waals surface area contributed by atoms with Gasteiger partial charge in [-0.05, 0) is 24.6 Å². The van der Waals surface area contributed by atoms with E-state index in [1.807, 2.05) is 42.2 Å². The Morgan fingerprint density at radius 2 is 1.91 bits per heavy atom. The van der Waals surface area contributed by atoms with Gasteiger partial charge in [-0.2, -0.15) is 5.10 Å². The highest BCUT2D eigenvalue weighted by Crippen LogP contribution is 2.18. The molecule has 0 radical (unpaired) electrons. The highest BCUT2D eigenvalue weighted by atomic mass is 16.6. The maximum Gasteiger partial charge on any atom is 0.274 e. The molecule has 1 unspecified atom stereocenters. The number of ether oxygens (including phenoxy) is 1. The van der Waals surface area contributed by atoms with E-state index in [2.05, 4.69) is 10.00 Å². The van der Waals surface area contributed by atoms with Gasteiger partial charge in [-0.25, -0.2) is 4.68 Å². The van der Waals surface area contributed by atoms with Crippen LogP contribution in [0.3, 0.4) is 0 Å². The Balaban J connectivity index is 1.56. The van der Waals surface area contributed by atoms with Crippen LogP contribution in [0, 0.1) is 10.1 Å². The average molecular weight is 450 g/mol. The fraction of sp³-hybridized carbons (Fsp3) is 0.333. The van der Waals surface area contributed by atoms with Gasteiger partial charge in [0.1, 0.15) is 0 Å². The second-order valence-corrected chi connectivity index (χ2v) is 8.10. The summed E-state index contributed by atoms with van der Waals surface area (Å²) in [6.45, 7) is 6.36. The van der Waals surface area contributed by atoms with Gasteiger partial charge >= 0.3 is 0 Å². The minimum Gasteiger partial charge on any atom is -0.379 e. The second kappa shape index (κ2) is 10.4. The van der Waals surface area contributed by atoms with Crippen molar-refractivity contribution >= 4 is 11.6 Å². The lowest BCUT2D eigenvalue weighted by Crippen LogP contribution is -2.48. The van der Waals surface area contributed by atoms with Gasteiger partial charge in [0.25, 0.3) is 11.6 Å². The number of aromatic nitrogens is 2. The molecule has 4 rings (SSSR count). The van der Waals surface area contributed by atoms with E-state index in [-0.39, 0.29) is 17.6 Å². The summed E-state index contributed by atoms with van der Waals surface area (Å²) < 4.78 is 6.94. The summed E-state index contributed by atoms with van der Waals surface area (Å²) in [5, 5.41) is 15.5. The molecule has 3 aromatic rings. The summed E-state index contributed by atoms with van der Waals surface area (Å²) in [6.07, 6.45) is 1.65. The Kier molecular flexibility index (Phi) is 7.11. The maximum atomic E-state index is 13.6. The Morgan fingerprint density at radius 1 is 1.15 bits per heavy atom. The van der Waals surface area contributed by atoms with Crippen molar-refractivity contribution in [1.29, 1.82) is 0 Å². The van der Waals surface area contributed by atoms with E-state index in [0.29, 0.717) is 31.1 Å². The number of rotatable bonds is 8. The standard InChI is InChI=1S/C24H27N5O4/c1-19(17-26-12-14-33-15-13-26)27(18-20-6-3-2-4-7-20)24(30)23-10-11-28(25-23)21-8-5-9-22(16-21)29(31)32/h2-11,16,19H,12-15,17-18H2,1H3. The summed E-state index contributed by atoms with van der Waals surface area (Å²) in [6, 6.07) is 17.7. The zero-order valence-electron chi connectivity index (χ0n) is 18.5. The SMILES string of the molecule is CC(CN1CCOCC1)N(Cc1ccccc1)C(=O)c1ccn(-c2cccc([N+](=O)[O-])c2)n1. The summed E-state index contributed by atoms with van der Waals surface area (Å²) >= 11 is 0. The molecular weight excluding hydrogens is 422 g/mol. The lowest BCUT2D eigenvalue weighted by molar-refractivity contribution is -0.384. The zero-order chi connectivity index (χ0) is 23.2. The third-order valence-electron chi connectivity index (χ3n) is 5.73. The number of nitrogens with zero attached hydrogens (tertiary/aromatic N) is 5. The molecule has 2 aromatic carbocycles. The topological polar surface area (TPSA) is 93.7 Å². The first-order valence-electron chi connectivity index (χ1n) is 11.0. The Bertz CT molecular complexity index is 1090. The summed E-state index contributed by atoms with van der Waals surface area (Å²) in [4.78, 5) is 28.3. The molecule has 172 valence electrons. The molecule has 9 nitrogen and oxygen atoms in total. The van der Waals surface area contributed by atoms with Gasteiger partial charge in [-0.3, -0.25) is 19.8 Å². The Hall–Kier alpha value is -3.56. The van der Waals surface area contributed by atoms with E-state index in [4.69, 9.17) is 4.74 Å². The fourth-order valence-electron chi connectivity index (χ4n) is 3.94. The van der Waals surface area contributed by atoms with Gasteiger partial charge in [0, 0.05) is 50.6 Å². The molecule has 0 bridgehead atoms. The predicted molar refractivity (Wildman–Crippen MR) is 123 cm³/mol. The number of nitro benzene ring substituents is 1. The van der Waals surface area contributed by atoms with Crippen molar-refractivity contribution in [3.63, 3.8) is 0 Å². The van der Waals surface area contributed by atoms with Crippen molar-refractivity contribution < 1.29 is 14.5 Å². The van der Waals surface area contributed by atoms with Gasteiger partial charge in [0.2, 0.25) is 0 Å². The number of non-ortho nitro benzene ring substituents is 1. The summed E-state index contributed by atoms with van der Waals surface area (Å²) in [7, 11) is 0. The van der Waals surface area contributed by atoms with Crippen molar-refractivity contribution in [2.24, 2.45) is 0 Å². The molecule has 0 N–H and O–H groups in total. The molecule has 0 spiro atoms. The number of morpholine rings is 1. The molecule has 33 heavy (non-hydrogen) atoms. The second-order valence-electron chi connectivity index (χ2n) is 8.10. The quantitative estimate of drug-likeness (QED) is 0.387. The van der Waals surface area contributed by atoms with Crippen LogP contribution in [-0.4, -0.2) is 69.3 Å². The molecule has 0 aliphatic carbocycles. The highest BCUT2D eigenvalue weighted by Gasteiger charge is 2.26. The number of carbonyl (C=O) groups excluding carboxylic acids is 1. The van der Waals surface area contributed by atoms with Crippen LogP contribution < -0.4 is 0 Å². The molecule has 1 aromatic heterocycles. The molecule has 1 fully saturated rings. The van der Waals surface area contributed by atoms with E-state index in [0.717, 1.165) is 25.2 Å². The number of amides is 1. The number of carbonyl (C=O) groups is 1. The number of nitro groups is 1. The predicted octanol–water partition coefficient (Wildman–Crippen LogP) is 3.14.